The number of Topliss-reactive ketones (excluding diaryl/α,β-unsaturated/α-hetero) is 2. The third-order valence-electron chi connectivity index (χ3n) is 9.08. The lowest BCUT2D eigenvalue weighted by Gasteiger charge is -2.53. The molecule has 0 radical (unpaired) electrons. The topological polar surface area (TPSA) is 188 Å². The number of ketones is 2. The number of carbonyl (C=O) groups excluding carboxylic acids is 4. The van der Waals surface area contributed by atoms with Gasteiger partial charge in [-0.1, -0.05) is 25.3 Å². The molecule has 11 nitrogen and oxygen atoms in total. The summed E-state index contributed by atoms with van der Waals surface area (Å²) in [6.45, 7) is 1.76. The Kier molecular flexibility index (Phi) is 6.78. The molecule has 0 heterocycles. The molecule has 5 rings (SSSR count). The number of nitrogens with zero attached hydrogens (tertiary/aromatic N) is 1. The molecule has 0 aliphatic heterocycles. The van der Waals surface area contributed by atoms with Gasteiger partial charge in [-0.3, -0.25) is 24.1 Å². The van der Waals surface area contributed by atoms with Gasteiger partial charge < -0.3 is 30.9 Å². The van der Waals surface area contributed by atoms with Crippen LogP contribution in [0.1, 0.15) is 48.8 Å². The largest absolute Gasteiger partial charge is 0.508 e. The highest BCUT2D eigenvalue weighted by atomic mass is 16.5. The van der Waals surface area contributed by atoms with Gasteiger partial charge in [0.15, 0.2) is 11.4 Å². The summed E-state index contributed by atoms with van der Waals surface area (Å²) < 4.78 is 6.10. The number of amides is 1. The highest BCUT2D eigenvalue weighted by molar-refractivity contribution is 6.24. The van der Waals surface area contributed by atoms with E-state index in [0.29, 0.717) is 24.0 Å². The van der Waals surface area contributed by atoms with E-state index in [2.05, 4.69) is 0 Å². The average Bonchev–Trinajstić information content (AvgIpc) is 2.90. The van der Waals surface area contributed by atoms with Gasteiger partial charge >= 0.3 is 5.97 Å². The van der Waals surface area contributed by atoms with Gasteiger partial charge in [-0.05, 0) is 57.5 Å². The monoisotopic (exact) mass is 554 g/mol. The van der Waals surface area contributed by atoms with Crippen LogP contribution >= 0.6 is 0 Å². The fourth-order valence-electron chi connectivity index (χ4n) is 7.11. The first-order valence-electron chi connectivity index (χ1n) is 13.5. The molecular formula is C29H34N2O9. The lowest BCUT2D eigenvalue weighted by Crippen LogP contribution is -2.71. The number of aromatic hydroxyl groups is 1. The number of carbonyl (C=O) groups is 4. The lowest BCUT2D eigenvalue weighted by molar-refractivity contribution is -0.187. The number of hydrogen-bond acceptors (Lipinski definition) is 10. The maximum Gasteiger partial charge on any atom is 0.309 e. The van der Waals surface area contributed by atoms with Crippen molar-refractivity contribution in [3.63, 3.8) is 0 Å². The summed E-state index contributed by atoms with van der Waals surface area (Å²) in [5.41, 5.74) is 2.39. The molecule has 6 N–H and O–H groups in total. The Morgan fingerprint density at radius 3 is 2.33 bits per heavy atom. The second-order valence-electron chi connectivity index (χ2n) is 11.5. The number of ether oxygens (including phenoxy) is 1. The molecule has 0 saturated heterocycles. The van der Waals surface area contributed by atoms with Crippen LogP contribution in [-0.4, -0.2) is 80.6 Å². The number of phenols is 1. The molecule has 11 heteroatoms. The smallest absolute Gasteiger partial charge is 0.309 e. The highest BCUT2D eigenvalue weighted by Gasteiger charge is 2.69. The zero-order chi connectivity index (χ0) is 29.3. The SMILES string of the molecule is Cc1ccc(O)c2c1C[C@H]1C(=C2O)C(=O)[C@@]2(O)C(O)=C(C(N)=O)C(=O)[C@H](N(C)C)[C@H]2[C@@H]1OC(=O)C1CCCCC1. The minimum atomic E-state index is -2.93. The van der Waals surface area contributed by atoms with Crippen LogP contribution in [0.15, 0.2) is 29.0 Å². The fraction of sp³-hybridized carbons (Fsp3) is 0.517. The van der Waals surface area contributed by atoms with Crippen molar-refractivity contribution < 1.29 is 44.3 Å². The lowest BCUT2D eigenvalue weighted by atomic mass is 9.56. The summed E-state index contributed by atoms with van der Waals surface area (Å²) in [5.74, 6) is -9.13. The summed E-state index contributed by atoms with van der Waals surface area (Å²) in [4.78, 5) is 54.9. The number of aryl methyl sites for hydroxylation is 1. The van der Waals surface area contributed by atoms with Crippen LogP contribution in [0.25, 0.3) is 5.76 Å². The second-order valence-corrected chi connectivity index (χ2v) is 11.5. The number of rotatable bonds is 4. The van der Waals surface area contributed by atoms with Crippen molar-refractivity contribution in [3.8, 4) is 5.75 Å². The molecular weight excluding hydrogens is 520 g/mol. The molecule has 1 aromatic rings. The number of benzene rings is 1. The van der Waals surface area contributed by atoms with Gasteiger partial charge in [0, 0.05) is 11.5 Å². The Hall–Kier alpha value is -3.70. The first-order chi connectivity index (χ1) is 18.8. The summed E-state index contributed by atoms with van der Waals surface area (Å²) in [6.07, 6.45) is 2.53. The molecule has 1 amide bonds. The van der Waals surface area contributed by atoms with E-state index in [0.717, 1.165) is 19.3 Å². The summed E-state index contributed by atoms with van der Waals surface area (Å²) in [5, 5.41) is 45.2. The quantitative estimate of drug-likeness (QED) is 0.269. The summed E-state index contributed by atoms with van der Waals surface area (Å²) in [7, 11) is 2.99. The summed E-state index contributed by atoms with van der Waals surface area (Å²) in [6, 6.07) is 1.63. The third-order valence-corrected chi connectivity index (χ3v) is 9.08. The van der Waals surface area contributed by atoms with Crippen LogP contribution in [0.4, 0.5) is 0 Å². The Morgan fingerprint density at radius 1 is 1.07 bits per heavy atom. The van der Waals surface area contributed by atoms with Crippen molar-refractivity contribution in [2.75, 3.05) is 14.1 Å². The molecule has 0 aromatic heterocycles. The van der Waals surface area contributed by atoms with E-state index in [4.69, 9.17) is 10.5 Å². The first kappa shape index (κ1) is 27.9. The minimum absolute atomic E-state index is 0.00588. The molecule has 214 valence electrons. The molecule has 0 bridgehead atoms. The van der Waals surface area contributed by atoms with Crippen LogP contribution in [0.2, 0.25) is 0 Å². The van der Waals surface area contributed by atoms with E-state index >= 15 is 0 Å². The second kappa shape index (κ2) is 9.74. The predicted octanol–water partition coefficient (Wildman–Crippen LogP) is 1.37. The minimum Gasteiger partial charge on any atom is -0.508 e. The van der Waals surface area contributed by atoms with Crippen LogP contribution < -0.4 is 5.73 Å². The van der Waals surface area contributed by atoms with Crippen molar-refractivity contribution in [1.82, 2.24) is 4.90 Å². The number of fused-ring (bicyclic) bond motifs is 3. The predicted molar refractivity (Wildman–Crippen MR) is 141 cm³/mol. The van der Waals surface area contributed by atoms with Crippen LogP contribution in [0.5, 0.6) is 5.75 Å². The molecule has 4 aliphatic rings. The number of esters is 1. The maximum atomic E-state index is 14.2. The van der Waals surface area contributed by atoms with Crippen molar-refractivity contribution in [3.05, 3.63) is 45.7 Å². The maximum absolute atomic E-state index is 14.2. The number of primary amides is 1. The van der Waals surface area contributed by atoms with E-state index in [1.807, 2.05) is 0 Å². The molecule has 0 spiro atoms. The zero-order valence-corrected chi connectivity index (χ0v) is 22.6. The normalized spacial score (nSPS) is 30.6. The van der Waals surface area contributed by atoms with E-state index < -0.39 is 76.0 Å². The van der Waals surface area contributed by atoms with Gasteiger partial charge in [-0.15, -0.1) is 0 Å². The zero-order valence-electron chi connectivity index (χ0n) is 22.6. The van der Waals surface area contributed by atoms with Gasteiger partial charge in [0.1, 0.15) is 28.9 Å². The molecule has 2 fully saturated rings. The highest BCUT2D eigenvalue weighted by Crippen LogP contribution is 2.54. The number of likely N-dealkylation sites (N-methyl/N-ethyl adjacent to an activating group) is 1. The van der Waals surface area contributed by atoms with E-state index in [9.17, 15) is 39.6 Å². The number of nitrogens with two attached hydrogens (primary N) is 1. The summed E-state index contributed by atoms with van der Waals surface area (Å²) >= 11 is 0. The van der Waals surface area contributed by atoms with Crippen molar-refractivity contribution in [1.29, 1.82) is 0 Å². The van der Waals surface area contributed by atoms with Crippen molar-refractivity contribution >= 4 is 29.2 Å². The first-order valence-corrected chi connectivity index (χ1v) is 13.5. The number of aliphatic hydroxyl groups is 3. The van der Waals surface area contributed by atoms with E-state index in [1.54, 1.807) is 13.0 Å². The standard InChI is InChI=1S/C29H34N2O9/c1-12-9-10-16(32)17-14(12)11-15-18(22(17)33)25(35)29(39)20(24(15)40-28(38)13-7-5-4-6-8-13)21(31(2)3)23(34)19(26(29)36)27(30)37/h9-10,13,15,20-21,24,32-33,36,39H,4-8,11H2,1-3H3,(H2,30,37)/t15-,20-,21+,24+,29+/m0/s1. The number of phenolic OH excluding ortho intramolecular Hbond substituents is 1. The number of aliphatic hydroxyl groups excluding tert-OH is 2. The van der Waals surface area contributed by atoms with Gasteiger partial charge in [-0.25, -0.2) is 0 Å². The van der Waals surface area contributed by atoms with Crippen molar-refractivity contribution in [2.24, 2.45) is 23.5 Å². The van der Waals surface area contributed by atoms with Gasteiger partial charge in [0.2, 0.25) is 5.78 Å². The van der Waals surface area contributed by atoms with Crippen LogP contribution in [0.3, 0.4) is 0 Å². The third kappa shape index (κ3) is 3.86. The van der Waals surface area contributed by atoms with Crippen molar-refractivity contribution in [2.45, 2.75) is 63.2 Å². The Balaban J connectivity index is 1.77. The fourth-order valence-corrected chi connectivity index (χ4v) is 7.11. The number of hydrogen-bond donors (Lipinski definition) is 5. The van der Waals surface area contributed by atoms with Gasteiger partial charge in [0.05, 0.1) is 23.4 Å². The van der Waals surface area contributed by atoms with Gasteiger partial charge in [0.25, 0.3) is 5.91 Å². The molecule has 40 heavy (non-hydrogen) atoms. The van der Waals surface area contributed by atoms with Crippen LogP contribution in [-0.2, 0) is 30.3 Å². The van der Waals surface area contributed by atoms with Crippen LogP contribution in [0, 0.1) is 24.7 Å². The molecule has 0 unspecified atom stereocenters. The molecule has 1 aromatic carbocycles. The average molecular weight is 555 g/mol. The Bertz CT molecular complexity index is 1390. The Labute approximate surface area is 230 Å². The molecule has 4 aliphatic carbocycles. The van der Waals surface area contributed by atoms with E-state index in [1.165, 1.54) is 25.1 Å². The molecule has 2 saturated carbocycles. The van der Waals surface area contributed by atoms with E-state index in [-0.39, 0.29) is 23.3 Å². The Morgan fingerprint density at radius 2 is 1.73 bits per heavy atom. The molecule has 5 atom stereocenters. The van der Waals surface area contributed by atoms with Gasteiger partial charge in [-0.2, -0.15) is 0 Å².